The average molecular weight is 290 g/mol. The number of hydrazine groups is 1. The molecule has 3 rings (SSSR count). The Labute approximate surface area is 118 Å². The lowest BCUT2D eigenvalue weighted by molar-refractivity contribution is 0.654. The maximum absolute atomic E-state index is 12.0. The molecule has 0 unspecified atom stereocenters. The third-order valence-corrected chi connectivity index (χ3v) is 3.89. The van der Waals surface area contributed by atoms with E-state index in [0.717, 1.165) is 10.2 Å². The van der Waals surface area contributed by atoms with Crippen molar-refractivity contribution in [3.05, 3.63) is 40.1 Å². The van der Waals surface area contributed by atoms with Crippen LogP contribution in [0.25, 0.3) is 10.2 Å². The number of nitrogens with one attached hydrogen (secondary N) is 1. The molecule has 104 valence electrons. The third-order valence-electron chi connectivity index (χ3n) is 3.08. The van der Waals surface area contributed by atoms with E-state index >= 15 is 0 Å². The van der Waals surface area contributed by atoms with E-state index < -0.39 is 0 Å². The van der Waals surface area contributed by atoms with E-state index in [-0.39, 0.29) is 5.69 Å². The second-order valence-electron chi connectivity index (χ2n) is 4.27. The molecule has 3 N–H and O–H groups in total. The number of hydrogen-bond donors (Lipinski definition) is 2. The minimum Gasteiger partial charge on any atom is -0.308 e. The Balaban J connectivity index is 2.01. The molecule has 0 radical (unpaired) electrons. The number of nitrogens with zero attached hydrogens (tertiary/aromatic N) is 4. The second kappa shape index (κ2) is 5.06. The van der Waals surface area contributed by atoms with Crippen LogP contribution >= 0.6 is 11.3 Å². The molecule has 0 saturated heterocycles. The summed E-state index contributed by atoms with van der Waals surface area (Å²) in [6, 6.07) is 1.92. The highest BCUT2D eigenvalue weighted by molar-refractivity contribution is 7.16. The molecule has 3 aromatic rings. The summed E-state index contributed by atoms with van der Waals surface area (Å²) in [6.07, 6.45) is 3.50. The molecule has 3 aromatic heterocycles. The van der Waals surface area contributed by atoms with Crippen LogP contribution in [0, 0.1) is 0 Å². The molecule has 0 aliphatic heterocycles. The quantitative estimate of drug-likeness (QED) is 0.553. The molecule has 7 nitrogen and oxygen atoms in total. The number of aryl methyl sites for hydroxylation is 1. The lowest BCUT2D eigenvalue weighted by atomic mass is 10.4. The number of nitrogen functional groups attached to an aromatic ring is 1. The van der Waals surface area contributed by atoms with Crippen molar-refractivity contribution >= 4 is 27.4 Å². The van der Waals surface area contributed by atoms with Crippen LogP contribution < -0.4 is 17.0 Å². The molecular formula is C12H14N6OS. The van der Waals surface area contributed by atoms with E-state index in [1.165, 1.54) is 11.3 Å². The number of fused-ring (bicyclic) bond motifs is 1. The molecule has 20 heavy (non-hydrogen) atoms. The zero-order valence-corrected chi connectivity index (χ0v) is 11.7. The normalized spacial score (nSPS) is 11.1. The van der Waals surface area contributed by atoms with Gasteiger partial charge in [0.15, 0.2) is 11.6 Å². The van der Waals surface area contributed by atoms with Crippen LogP contribution in [0.3, 0.4) is 0 Å². The molecule has 0 atom stereocenters. The predicted octanol–water partition coefficient (Wildman–Crippen LogP) is 1.01. The van der Waals surface area contributed by atoms with Crippen molar-refractivity contribution in [3.8, 4) is 0 Å². The van der Waals surface area contributed by atoms with Gasteiger partial charge < -0.3 is 5.43 Å². The molecule has 0 spiro atoms. The van der Waals surface area contributed by atoms with E-state index in [2.05, 4.69) is 15.4 Å². The first-order chi connectivity index (χ1) is 9.72. The van der Waals surface area contributed by atoms with Crippen LogP contribution in [-0.2, 0) is 13.1 Å². The lowest BCUT2D eigenvalue weighted by Gasteiger charge is -2.05. The van der Waals surface area contributed by atoms with Crippen molar-refractivity contribution in [2.24, 2.45) is 5.84 Å². The van der Waals surface area contributed by atoms with Gasteiger partial charge in [-0.25, -0.2) is 20.6 Å². The number of thiophene rings is 1. The van der Waals surface area contributed by atoms with Gasteiger partial charge in [-0.2, -0.15) is 0 Å². The average Bonchev–Trinajstić information content (AvgIpc) is 3.05. The largest absolute Gasteiger partial charge is 0.328 e. The summed E-state index contributed by atoms with van der Waals surface area (Å²) in [6.45, 7) is 2.90. The Morgan fingerprint density at radius 2 is 2.15 bits per heavy atom. The van der Waals surface area contributed by atoms with E-state index in [4.69, 9.17) is 5.84 Å². The molecule has 0 bridgehead atoms. The van der Waals surface area contributed by atoms with E-state index in [1.54, 1.807) is 21.5 Å². The van der Waals surface area contributed by atoms with Crippen molar-refractivity contribution in [1.82, 2.24) is 19.1 Å². The fourth-order valence-corrected chi connectivity index (χ4v) is 2.83. The van der Waals surface area contributed by atoms with Crippen LogP contribution in [-0.4, -0.2) is 19.1 Å². The fourth-order valence-electron chi connectivity index (χ4n) is 2.05. The first-order valence-corrected chi connectivity index (χ1v) is 7.07. The van der Waals surface area contributed by atoms with Gasteiger partial charge in [0, 0.05) is 18.9 Å². The molecule has 0 saturated carbocycles. The predicted molar refractivity (Wildman–Crippen MR) is 78.7 cm³/mol. The summed E-state index contributed by atoms with van der Waals surface area (Å²) < 4.78 is 3.21. The van der Waals surface area contributed by atoms with Crippen LogP contribution in [0.1, 0.15) is 12.7 Å². The van der Waals surface area contributed by atoms with Crippen molar-refractivity contribution < 1.29 is 0 Å². The summed E-state index contributed by atoms with van der Waals surface area (Å²) in [5, 5.41) is 2.82. The summed E-state index contributed by atoms with van der Waals surface area (Å²) in [5.41, 5.74) is 2.51. The second-order valence-corrected chi connectivity index (χ2v) is 5.16. The Morgan fingerprint density at radius 1 is 1.35 bits per heavy atom. The van der Waals surface area contributed by atoms with Crippen LogP contribution in [0.15, 0.2) is 28.6 Å². The van der Waals surface area contributed by atoms with Gasteiger partial charge >= 0.3 is 5.69 Å². The minimum absolute atomic E-state index is 0.0652. The van der Waals surface area contributed by atoms with Crippen molar-refractivity contribution in [1.29, 1.82) is 0 Å². The van der Waals surface area contributed by atoms with Gasteiger partial charge in [-0.15, -0.1) is 11.3 Å². The monoisotopic (exact) mass is 290 g/mol. The van der Waals surface area contributed by atoms with Gasteiger partial charge in [-0.05, 0) is 18.4 Å². The standard InChI is InChI=1S/C12H14N6OS/c1-2-17-4-5-18(12(17)19)7-9-14-10(16-13)8-3-6-20-11(8)15-9/h3-6H,2,7,13H2,1H3,(H,14,15,16). The molecule has 0 fully saturated rings. The smallest absolute Gasteiger partial charge is 0.308 e. The molecular weight excluding hydrogens is 276 g/mol. The molecule has 0 amide bonds. The van der Waals surface area contributed by atoms with Crippen LogP contribution in [0.4, 0.5) is 5.82 Å². The number of rotatable bonds is 4. The van der Waals surface area contributed by atoms with Crippen LogP contribution in [0.2, 0.25) is 0 Å². The maximum Gasteiger partial charge on any atom is 0.328 e. The molecule has 0 aromatic carbocycles. The van der Waals surface area contributed by atoms with Crippen LogP contribution in [0.5, 0.6) is 0 Å². The topological polar surface area (TPSA) is 90.8 Å². The van der Waals surface area contributed by atoms with Crippen molar-refractivity contribution in [2.45, 2.75) is 20.0 Å². The molecule has 3 heterocycles. The number of aromatic nitrogens is 4. The summed E-state index contributed by atoms with van der Waals surface area (Å²) in [4.78, 5) is 21.7. The first kappa shape index (κ1) is 12.8. The summed E-state index contributed by atoms with van der Waals surface area (Å²) in [7, 11) is 0. The molecule has 0 aliphatic carbocycles. The van der Waals surface area contributed by atoms with Crippen molar-refractivity contribution in [3.63, 3.8) is 0 Å². The zero-order valence-electron chi connectivity index (χ0n) is 10.9. The lowest BCUT2D eigenvalue weighted by Crippen LogP contribution is -2.24. The number of imidazole rings is 1. The SMILES string of the molecule is CCn1ccn(Cc2nc(NN)c3ccsc3n2)c1=O. The zero-order chi connectivity index (χ0) is 14.1. The Hall–Kier alpha value is -2.19. The van der Waals surface area contributed by atoms with Gasteiger partial charge in [0.1, 0.15) is 4.83 Å². The highest BCUT2D eigenvalue weighted by Crippen LogP contribution is 2.24. The highest BCUT2D eigenvalue weighted by atomic mass is 32.1. The number of anilines is 1. The van der Waals surface area contributed by atoms with E-state index in [1.807, 2.05) is 18.4 Å². The Morgan fingerprint density at radius 3 is 2.85 bits per heavy atom. The van der Waals surface area contributed by atoms with Gasteiger partial charge in [-0.1, -0.05) is 0 Å². The van der Waals surface area contributed by atoms with Gasteiger partial charge in [-0.3, -0.25) is 9.13 Å². The summed E-state index contributed by atoms with van der Waals surface area (Å²) >= 11 is 1.52. The van der Waals surface area contributed by atoms with Gasteiger partial charge in [0.05, 0.1) is 11.9 Å². The Kier molecular flexibility index (Phi) is 3.25. The minimum atomic E-state index is -0.0652. The Bertz CT molecular complexity index is 802. The number of hydrogen-bond acceptors (Lipinski definition) is 6. The molecule has 0 aliphatic rings. The van der Waals surface area contributed by atoms with Crippen molar-refractivity contribution in [2.75, 3.05) is 5.43 Å². The maximum atomic E-state index is 12.0. The molecule has 8 heteroatoms. The van der Waals surface area contributed by atoms with Gasteiger partial charge in [0.25, 0.3) is 0 Å². The fraction of sp³-hybridized carbons (Fsp3) is 0.250. The van der Waals surface area contributed by atoms with E-state index in [9.17, 15) is 4.79 Å². The van der Waals surface area contributed by atoms with Gasteiger partial charge in [0.2, 0.25) is 0 Å². The van der Waals surface area contributed by atoms with E-state index in [0.29, 0.717) is 24.7 Å². The highest BCUT2D eigenvalue weighted by Gasteiger charge is 2.10. The first-order valence-electron chi connectivity index (χ1n) is 6.19. The third kappa shape index (κ3) is 2.08. The number of nitrogens with two attached hydrogens (primary N) is 1. The summed E-state index contributed by atoms with van der Waals surface area (Å²) in [5.74, 6) is 6.62.